The highest BCUT2D eigenvalue weighted by Crippen LogP contribution is 2.64. The Labute approximate surface area is 85.9 Å². The van der Waals surface area contributed by atoms with Gasteiger partial charge in [-0.2, -0.15) is 0 Å². The summed E-state index contributed by atoms with van der Waals surface area (Å²) in [6.07, 6.45) is 7.73. The zero-order valence-electron chi connectivity index (χ0n) is 9.18. The normalized spacial score (nSPS) is 60.6. The number of rotatable bonds is 1. The fourth-order valence-corrected chi connectivity index (χ4v) is 5.54. The minimum Gasteiger partial charge on any atom is -0.396 e. The molecule has 4 atom stereocenters. The fourth-order valence-electron chi connectivity index (χ4n) is 5.54. The first-order valence-electron chi connectivity index (χ1n) is 5.93. The van der Waals surface area contributed by atoms with Crippen molar-refractivity contribution >= 4 is 0 Å². The molecule has 0 aromatic rings. The molecule has 0 amide bonds. The third kappa shape index (κ3) is 1.10. The van der Waals surface area contributed by atoms with Gasteiger partial charge in [0.2, 0.25) is 0 Å². The van der Waals surface area contributed by atoms with Crippen LogP contribution >= 0.6 is 0 Å². The van der Waals surface area contributed by atoms with Gasteiger partial charge in [-0.15, -0.1) is 0 Å². The lowest BCUT2D eigenvalue weighted by atomic mass is 9.42. The average Bonchev–Trinajstić information content (AvgIpc) is 1.97. The second-order valence-electron chi connectivity index (χ2n) is 6.98. The Morgan fingerprint density at radius 1 is 1.21 bits per heavy atom. The standard InChI is InChI=1S/C12H21NO/c1-10-2-9-3-11(5-10,8-14)7-12(13,4-9)6-10/h9,14H,2-8,13H2,1H3/p+1. The monoisotopic (exact) mass is 196 g/mol. The molecule has 0 saturated heterocycles. The first-order chi connectivity index (χ1) is 6.47. The molecule has 4 bridgehead atoms. The molecule has 0 aliphatic heterocycles. The minimum absolute atomic E-state index is 0.260. The summed E-state index contributed by atoms with van der Waals surface area (Å²) in [5, 5.41) is 9.63. The zero-order chi connectivity index (χ0) is 10.0. The molecule has 2 nitrogen and oxygen atoms in total. The van der Waals surface area contributed by atoms with Crippen molar-refractivity contribution in [2.24, 2.45) is 16.7 Å². The van der Waals surface area contributed by atoms with E-state index in [1.807, 2.05) is 0 Å². The van der Waals surface area contributed by atoms with E-state index in [9.17, 15) is 5.11 Å². The van der Waals surface area contributed by atoms with Crippen LogP contribution in [0.15, 0.2) is 0 Å². The van der Waals surface area contributed by atoms with Gasteiger partial charge in [0, 0.05) is 31.3 Å². The second kappa shape index (κ2) is 2.35. The Morgan fingerprint density at radius 2 is 2.00 bits per heavy atom. The number of aliphatic hydroxyl groups excluding tert-OH is 1. The van der Waals surface area contributed by atoms with Crippen LogP contribution in [0, 0.1) is 16.7 Å². The lowest BCUT2D eigenvalue weighted by Gasteiger charge is -2.62. The Bertz CT molecular complexity index is 257. The maximum atomic E-state index is 9.63. The van der Waals surface area contributed by atoms with Crippen LogP contribution < -0.4 is 5.73 Å². The van der Waals surface area contributed by atoms with Gasteiger partial charge >= 0.3 is 0 Å². The Morgan fingerprint density at radius 3 is 2.57 bits per heavy atom. The molecular weight excluding hydrogens is 174 g/mol. The van der Waals surface area contributed by atoms with Crippen molar-refractivity contribution in [2.45, 2.75) is 51.0 Å². The van der Waals surface area contributed by atoms with Gasteiger partial charge in [-0.3, -0.25) is 0 Å². The maximum Gasteiger partial charge on any atom is 0.0960 e. The van der Waals surface area contributed by atoms with Crippen molar-refractivity contribution in [1.82, 2.24) is 0 Å². The third-order valence-corrected chi connectivity index (χ3v) is 4.91. The summed E-state index contributed by atoms with van der Waals surface area (Å²) >= 11 is 0. The third-order valence-electron chi connectivity index (χ3n) is 4.91. The maximum absolute atomic E-state index is 9.63. The van der Waals surface area contributed by atoms with Crippen LogP contribution in [0.1, 0.15) is 45.4 Å². The van der Waals surface area contributed by atoms with E-state index in [-0.39, 0.29) is 5.41 Å². The van der Waals surface area contributed by atoms with Crippen molar-refractivity contribution < 1.29 is 10.8 Å². The molecule has 4 N–H and O–H groups in total. The molecule has 0 heterocycles. The van der Waals surface area contributed by atoms with Crippen molar-refractivity contribution in [3.63, 3.8) is 0 Å². The van der Waals surface area contributed by atoms with Crippen LogP contribution in [0.2, 0.25) is 0 Å². The first-order valence-corrected chi connectivity index (χ1v) is 5.93. The summed E-state index contributed by atoms with van der Waals surface area (Å²) in [5.74, 6) is 0.862. The van der Waals surface area contributed by atoms with Gasteiger partial charge in [0.1, 0.15) is 0 Å². The largest absolute Gasteiger partial charge is 0.396 e. The Balaban J connectivity index is 2.01. The summed E-state index contributed by atoms with van der Waals surface area (Å²) in [5.41, 5.74) is 5.54. The van der Waals surface area contributed by atoms with E-state index in [2.05, 4.69) is 12.7 Å². The van der Waals surface area contributed by atoms with Crippen LogP contribution in [-0.4, -0.2) is 17.3 Å². The molecule has 4 aliphatic carbocycles. The summed E-state index contributed by atoms with van der Waals surface area (Å²) in [7, 11) is 0. The number of aliphatic hydroxyl groups is 1. The summed E-state index contributed by atoms with van der Waals surface area (Å²) in [4.78, 5) is 0. The highest BCUT2D eigenvalue weighted by atomic mass is 16.3. The molecule has 14 heavy (non-hydrogen) atoms. The van der Waals surface area contributed by atoms with Crippen LogP contribution in [0.25, 0.3) is 0 Å². The molecule has 2 heteroatoms. The van der Waals surface area contributed by atoms with Gasteiger partial charge in [0.15, 0.2) is 0 Å². The van der Waals surface area contributed by atoms with Crippen molar-refractivity contribution in [2.75, 3.05) is 6.61 Å². The van der Waals surface area contributed by atoms with E-state index in [0.717, 1.165) is 5.92 Å². The predicted octanol–water partition coefficient (Wildman–Crippen LogP) is 0.950. The second-order valence-corrected chi connectivity index (χ2v) is 6.98. The van der Waals surface area contributed by atoms with E-state index >= 15 is 0 Å². The highest BCUT2D eigenvalue weighted by Gasteiger charge is 2.62. The Kier molecular flexibility index (Phi) is 1.54. The summed E-state index contributed by atoms with van der Waals surface area (Å²) < 4.78 is 0. The molecule has 4 aliphatic rings. The van der Waals surface area contributed by atoms with Crippen molar-refractivity contribution in [1.29, 1.82) is 0 Å². The van der Waals surface area contributed by atoms with E-state index in [4.69, 9.17) is 0 Å². The van der Waals surface area contributed by atoms with Gasteiger partial charge in [0.05, 0.1) is 5.54 Å². The van der Waals surface area contributed by atoms with E-state index in [1.165, 1.54) is 38.5 Å². The summed E-state index contributed by atoms with van der Waals surface area (Å²) in [6.45, 7) is 2.82. The van der Waals surface area contributed by atoms with Crippen molar-refractivity contribution in [3.8, 4) is 0 Å². The first kappa shape index (κ1) is 9.17. The number of quaternary nitrogens is 1. The molecule has 0 radical (unpaired) electrons. The van der Waals surface area contributed by atoms with Gasteiger partial charge < -0.3 is 10.8 Å². The minimum atomic E-state index is 0.260. The molecule has 80 valence electrons. The topological polar surface area (TPSA) is 47.9 Å². The van der Waals surface area contributed by atoms with E-state index in [0.29, 0.717) is 17.6 Å². The quantitative estimate of drug-likeness (QED) is 0.644. The zero-order valence-corrected chi connectivity index (χ0v) is 9.18. The number of hydrogen-bond acceptors (Lipinski definition) is 1. The highest BCUT2D eigenvalue weighted by molar-refractivity contribution is 5.11. The average molecular weight is 196 g/mol. The van der Waals surface area contributed by atoms with Crippen LogP contribution in [0.3, 0.4) is 0 Å². The lowest BCUT2D eigenvalue weighted by molar-refractivity contribution is -0.515. The smallest absolute Gasteiger partial charge is 0.0960 e. The predicted molar refractivity (Wildman–Crippen MR) is 54.4 cm³/mol. The number of hydrogen-bond donors (Lipinski definition) is 2. The van der Waals surface area contributed by atoms with Gasteiger partial charge in [0.25, 0.3) is 0 Å². The molecule has 0 aromatic carbocycles. The van der Waals surface area contributed by atoms with Gasteiger partial charge in [-0.25, -0.2) is 0 Å². The SMILES string of the molecule is CC12CC3CC([NH3+])(C1)CC(CO)(C3)C2. The lowest BCUT2D eigenvalue weighted by Crippen LogP contribution is -2.80. The van der Waals surface area contributed by atoms with Crippen LogP contribution in [-0.2, 0) is 0 Å². The van der Waals surface area contributed by atoms with Crippen LogP contribution in [0.4, 0.5) is 0 Å². The Hall–Kier alpha value is -0.0800. The molecular formula is C12H22NO+. The van der Waals surface area contributed by atoms with E-state index in [1.54, 1.807) is 0 Å². The van der Waals surface area contributed by atoms with Gasteiger partial charge in [-0.05, 0) is 30.6 Å². The summed E-state index contributed by atoms with van der Waals surface area (Å²) in [6, 6.07) is 0. The van der Waals surface area contributed by atoms with Gasteiger partial charge in [-0.1, -0.05) is 6.92 Å². The molecule has 4 rings (SSSR count). The van der Waals surface area contributed by atoms with Crippen LogP contribution in [0.5, 0.6) is 0 Å². The molecule has 0 aromatic heterocycles. The van der Waals surface area contributed by atoms with Crippen molar-refractivity contribution in [3.05, 3.63) is 0 Å². The molecule has 4 fully saturated rings. The van der Waals surface area contributed by atoms with E-state index < -0.39 is 0 Å². The molecule has 0 spiro atoms. The molecule has 4 saturated carbocycles. The molecule has 4 unspecified atom stereocenters. The fraction of sp³-hybridized carbons (Fsp3) is 1.00.